The van der Waals surface area contributed by atoms with Gasteiger partial charge in [-0.25, -0.2) is 4.79 Å². The van der Waals surface area contributed by atoms with Crippen molar-refractivity contribution in [2.75, 3.05) is 20.8 Å². The van der Waals surface area contributed by atoms with E-state index in [0.717, 1.165) is 12.8 Å². The molecule has 5 nitrogen and oxygen atoms in total. The van der Waals surface area contributed by atoms with Crippen LogP contribution in [0.2, 0.25) is 0 Å². The maximum absolute atomic E-state index is 11.7. The highest BCUT2D eigenvalue weighted by molar-refractivity contribution is 6.06. The van der Waals surface area contributed by atoms with Crippen LogP contribution in [-0.2, 0) is 4.74 Å². The summed E-state index contributed by atoms with van der Waals surface area (Å²) in [6, 6.07) is 3.01. The fourth-order valence-corrected chi connectivity index (χ4v) is 1.73. The first kappa shape index (κ1) is 16.0. The molecule has 0 aromatic heterocycles. The first-order valence-electron chi connectivity index (χ1n) is 6.49. The third-order valence-corrected chi connectivity index (χ3v) is 2.84. The molecule has 1 rings (SSSR count). The van der Waals surface area contributed by atoms with Crippen LogP contribution in [0, 0.1) is 0 Å². The van der Waals surface area contributed by atoms with Crippen LogP contribution >= 0.6 is 0 Å². The molecule has 0 aliphatic heterocycles. The second kappa shape index (κ2) is 7.53. The van der Waals surface area contributed by atoms with Crippen LogP contribution in [0.1, 0.15) is 47.4 Å². The van der Waals surface area contributed by atoms with Gasteiger partial charge in [-0.15, -0.1) is 0 Å². The quantitative estimate of drug-likeness (QED) is 0.436. The van der Waals surface area contributed by atoms with Crippen LogP contribution in [0.5, 0.6) is 11.5 Å². The highest BCUT2D eigenvalue weighted by Crippen LogP contribution is 2.31. The number of benzene rings is 1. The molecule has 110 valence electrons. The van der Waals surface area contributed by atoms with Gasteiger partial charge in [0.15, 0.2) is 17.3 Å². The van der Waals surface area contributed by atoms with Crippen LogP contribution in [0.3, 0.4) is 0 Å². The molecule has 0 atom stereocenters. The van der Waals surface area contributed by atoms with E-state index in [-0.39, 0.29) is 16.9 Å². The first-order chi connectivity index (χ1) is 9.54. The molecule has 1 aromatic rings. The first-order valence-corrected chi connectivity index (χ1v) is 6.49. The summed E-state index contributed by atoms with van der Waals surface area (Å²) in [5.41, 5.74) is 0.448. The van der Waals surface area contributed by atoms with Crippen molar-refractivity contribution >= 4 is 11.8 Å². The van der Waals surface area contributed by atoms with Gasteiger partial charge in [0.2, 0.25) is 0 Å². The zero-order chi connectivity index (χ0) is 15.1. The maximum atomic E-state index is 11.7. The van der Waals surface area contributed by atoms with Crippen LogP contribution in [0.4, 0.5) is 0 Å². The van der Waals surface area contributed by atoms with Crippen molar-refractivity contribution in [2.24, 2.45) is 0 Å². The number of esters is 1. The summed E-state index contributed by atoms with van der Waals surface area (Å²) in [6.07, 6.45) is 1.89. The fourth-order valence-electron chi connectivity index (χ4n) is 1.73. The van der Waals surface area contributed by atoms with Gasteiger partial charge >= 0.3 is 5.97 Å². The minimum Gasteiger partial charge on any atom is -0.493 e. The van der Waals surface area contributed by atoms with Gasteiger partial charge < -0.3 is 14.2 Å². The molecule has 1 aromatic carbocycles. The fraction of sp³-hybridized carbons (Fsp3) is 0.467. The van der Waals surface area contributed by atoms with Crippen molar-refractivity contribution in [1.82, 2.24) is 0 Å². The van der Waals surface area contributed by atoms with Crippen molar-refractivity contribution in [3.63, 3.8) is 0 Å². The zero-order valence-electron chi connectivity index (χ0n) is 12.3. The molecular weight excluding hydrogens is 260 g/mol. The van der Waals surface area contributed by atoms with Crippen LogP contribution in [0.15, 0.2) is 12.1 Å². The second-order valence-electron chi connectivity index (χ2n) is 4.30. The Bertz CT molecular complexity index is 493. The van der Waals surface area contributed by atoms with Gasteiger partial charge in [0, 0.05) is 5.56 Å². The molecule has 0 N–H and O–H groups in total. The molecule has 0 bridgehead atoms. The Balaban J connectivity index is 3.23. The molecule has 0 radical (unpaired) electrons. The summed E-state index contributed by atoms with van der Waals surface area (Å²) < 4.78 is 15.5. The number of unbranched alkanes of at least 4 members (excludes halogenated alkanes) is 1. The van der Waals surface area contributed by atoms with Gasteiger partial charge in [0.25, 0.3) is 0 Å². The monoisotopic (exact) mass is 280 g/mol. The zero-order valence-corrected chi connectivity index (χ0v) is 12.3. The molecule has 0 saturated heterocycles. The van der Waals surface area contributed by atoms with Crippen molar-refractivity contribution < 1.29 is 23.8 Å². The highest BCUT2D eigenvalue weighted by atomic mass is 16.5. The SMILES string of the molecule is CCCCOc1cc(C(=O)OC)c(C(C)=O)cc1OC. The largest absolute Gasteiger partial charge is 0.493 e. The number of Topliss-reactive ketones (excluding diaryl/α,β-unsaturated/α-hetero) is 1. The van der Waals surface area contributed by atoms with E-state index in [0.29, 0.717) is 18.1 Å². The predicted octanol–water partition coefficient (Wildman–Crippen LogP) is 2.86. The molecule has 0 aliphatic rings. The van der Waals surface area contributed by atoms with Gasteiger partial charge in [-0.3, -0.25) is 4.79 Å². The van der Waals surface area contributed by atoms with Crippen molar-refractivity contribution in [1.29, 1.82) is 0 Å². The van der Waals surface area contributed by atoms with E-state index in [4.69, 9.17) is 14.2 Å². The number of rotatable bonds is 7. The molecular formula is C15H20O5. The summed E-state index contributed by atoms with van der Waals surface area (Å²) in [7, 11) is 2.76. The second-order valence-corrected chi connectivity index (χ2v) is 4.30. The lowest BCUT2D eigenvalue weighted by Crippen LogP contribution is -2.10. The lowest BCUT2D eigenvalue weighted by molar-refractivity contribution is 0.0596. The minimum absolute atomic E-state index is 0.187. The number of ketones is 1. The van der Waals surface area contributed by atoms with Crippen LogP contribution < -0.4 is 9.47 Å². The molecule has 0 heterocycles. The smallest absolute Gasteiger partial charge is 0.338 e. The molecule has 5 heteroatoms. The summed E-state index contributed by atoms with van der Waals surface area (Å²) >= 11 is 0. The van der Waals surface area contributed by atoms with Crippen molar-refractivity contribution in [3.8, 4) is 11.5 Å². The standard InChI is InChI=1S/C15H20O5/c1-5-6-7-20-14-9-12(15(17)19-4)11(10(2)16)8-13(14)18-3/h8-9H,5-7H2,1-4H3. The lowest BCUT2D eigenvalue weighted by Gasteiger charge is -2.14. The van der Waals surface area contributed by atoms with Crippen LogP contribution in [-0.4, -0.2) is 32.6 Å². The molecule has 20 heavy (non-hydrogen) atoms. The Labute approximate surface area is 118 Å². The Morgan fingerprint density at radius 1 is 1.10 bits per heavy atom. The number of carbonyl (C=O) groups is 2. The van der Waals surface area contributed by atoms with E-state index in [1.54, 1.807) is 0 Å². The summed E-state index contributed by atoms with van der Waals surface area (Å²) in [5.74, 6) is 0.0623. The van der Waals surface area contributed by atoms with Gasteiger partial charge in [0.1, 0.15) is 0 Å². The molecule has 0 saturated carbocycles. The maximum Gasteiger partial charge on any atom is 0.338 e. The summed E-state index contributed by atoms with van der Waals surface area (Å²) in [6.45, 7) is 3.96. The summed E-state index contributed by atoms with van der Waals surface area (Å²) in [4.78, 5) is 23.4. The van der Waals surface area contributed by atoms with Gasteiger partial charge in [-0.05, 0) is 25.5 Å². The molecule has 0 amide bonds. The Hall–Kier alpha value is -2.04. The molecule has 0 spiro atoms. The van der Waals surface area contributed by atoms with E-state index in [2.05, 4.69) is 6.92 Å². The van der Waals surface area contributed by atoms with Crippen molar-refractivity contribution in [2.45, 2.75) is 26.7 Å². The van der Waals surface area contributed by atoms with E-state index >= 15 is 0 Å². The number of hydrogen-bond donors (Lipinski definition) is 0. The summed E-state index contributed by atoms with van der Waals surface area (Å²) in [5, 5.41) is 0. The molecule has 0 fully saturated rings. The molecule has 0 aliphatic carbocycles. The predicted molar refractivity (Wildman–Crippen MR) is 74.7 cm³/mol. The minimum atomic E-state index is -0.571. The van der Waals surface area contributed by atoms with E-state index in [9.17, 15) is 9.59 Å². The third kappa shape index (κ3) is 3.73. The number of carbonyl (C=O) groups excluding carboxylic acids is 2. The average molecular weight is 280 g/mol. The van der Waals surface area contributed by atoms with E-state index < -0.39 is 5.97 Å². The average Bonchev–Trinajstić information content (AvgIpc) is 2.45. The normalized spacial score (nSPS) is 10.0. The van der Waals surface area contributed by atoms with Crippen LogP contribution in [0.25, 0.3) is 0 Å². The number of methoxy groups -OCH3 is 2. The Morgan fingerprint density at radius 2 is 1.75 bits per heavy atom. The number of hydrogen-bond acceptors (Lipinski definition) is 5. The topological polar surface area (TPSA) is 61.8 Å². The van der Waals surface area contributed by atoms with Gasteiger partial charge in [-0.2, -0.15) is 0 Å². The Morgan fingerprint density at radius 3 is 2.25 bits per heavy atom. The molecule has 0 unspecified atom stereocenters. The van der Waals surface area contributed by atoms with Gasteiger partial charge in [-0.1, -0.05) is 13.3 Å². The highest BCUT2D eigenvalue weighted by Gasteiger charge is 2.20. The van der Waals surface area contributed by atoms with E-state index in [1.807, 2.05) is 0 Å². The number of ether oxygens (including phenoxy) is 3. The Kier molecular flexibility index (Phi) is 6.03. The van der Waals surface area contributed by atoms with Crippen molar-refractivity contribution in [3.05, 3.63) is 23.3 Å². The van der Waals surface area contributed by atoms with Gasteiger partial charge in [0.05, 0.1) is 26.4 Å². The van der Waals surface area contributed by atoms with E-state index in [1.165, 1.54) is 33.3 Å². The lowest BCUT2D eigenvalue weighted by atomic mass is 10.0. The third-order valence-electron chi connectivity index (χ3n) is 2.84.